The Balaban J connectivity index is 1.61. The third-order valence-electron chi connectivity index (χ3n) is 8.40. The smallest absolute Gasteiger partial charge is 0.261 e. The van der Waals surface area contributed by atoms with E-state index in [0.29, 0.717) is 18.9 Å². The Morgan fingerprint density at radius 1 is 0.850 bits per heavy atom. The molecule has 0 radical (unpaired) electrons. The highest BCUT2D eigenvalue weighted by Crippen LogP contribution is 2.47. The first-order valence-electron chi connectivity index (χ1n) is 14.0. The lowest BCUT2D eigenvalue weighted by molar-refractivity contribution is -0.141. The number of methoxy groups -OCH3 is 1. The summed E-state index contributed by atoms with van der Waals surface area (Å²) in [4.78, 5) is 15.8. The summed E-state index contributed by atoms with van der Waals surface area (Å²) in [5, 5.41) is 2.16. The minimum absolute atomic E-state index is 0.102. The van der Waals surface area contributed by atoms with Gasteiger partial charge in [0.1, 0.15) is 5.75 Å². The monoisotopic (exact) mass is 565 g/mol. The van der Waals surface area contributed by atoms with E-state index in [1.54, 1.807) is 31.2 Å². The first-order valence-corrected chi connectivity index (χ1v) is 15.9. The summed E-state index contributed by atoms with van der Waals surface area (Å²) in [6.45, 7) is 7.35. The molecule has 4 nitrogen and oxygen atoms in total. The van der Waals surface area contributed by atoms with Gasteiger partial charge in [0.05, 0.1) is 19.1 Å². The van der Waals surface area contributed by atoms with Crippen molar-refractivity contribution in [3.63, 3.8) is 0 Å². The van der Waals surface area contributed by atoms with Crippen LogP contribution in [0.1, 0.15) is 52.0 Å². The van der Waals surface area contributed by atoms with Crippen molar-refractivity contribution >= 4 is 24.6 Å². The number of hydrogen-bond acceptors (Lipinski definition) is 3. The Morgan fingerprint density at radius 2 is 1.35 bits per heavy atom. The lowest BCUT2D eigenvalue weighted by Gasteiger charge is -2.44. The highest BCUT2D eigenvalue weighted by Gasteiger charge is 2.51. The third-order valence-corrected chi connectivity index (χ3v) is 13.4. The minimum atomic E-state index is -2.75. The van der Waals surface area contributed by atoms with E-state index < -0.39 is 19.7 Å². The molecule has 1 aliphatic carbocycles. The normalized spacial score (nSPS) is 16.8. The number of carbonyl (C=O) groups is 1. The first kappa shape index (κ1) is 29.9. The van der Waals surface area contributed by atoms with Gasteiger partial charge in [0, 0.05) is 26.4 Å². The van der Waals surface area contributed by atoms with Gasteiger partial charge in [0.2, 0.25) is 11.8 Å². The zero-order chi connectivity index (χ0) is 29.0. The Hall–Kier alpha value is -3.03. The van der Waals surface area contributed by atoms with Gasteiger partial charge >= 0.3 is 0 Å². The molecular formula is C33H41F2NO3Si. The fourth-order valence-electron chi connectivity index (χ4n) is 6.14. The van der Waals surface area contributed by atoms with E-state index in [2.05, 4.69) is 45.0 Å². The van der Waals surface area contributed by atoms with Gasteiger partial charge in [0.25, 0.3) is 8.32 Å². The predicted octanol–water partition coefficient (Wildman–Crippen LogP) is 6.18. The van der Waals surface area contributed by atoms with Gasteiger partial charge in [-0.05, 0) is 45.9 Å². The average Bonchev–Trinajstić information content (AvgIpc) is 2.95. The molecule has 0 heterocycles. The van der Waals surface area contributed by atoms with Gasteiger partial charge in [0.15, 0.2) is 0 Å². The molecular weight excluding hydrogens is 524 g/mol. The lowest BCUT2D eigenvalue weighted by atomic mass is 9.67. The van der Waals surface area contributed by atoms with Crippen LogP contribution >= 0.6 is 0 Å². The number of amides is 1. The molecule has 7 heteroatoms. The predicted molar refractivity (Wildman–Crippen MR) is 159 cm³/mol. The molecule has 0 saturated heterocycles. The number of hydrogen-bond donors (Lipinski definition) is 0. The molecule has 1 fully saturated rings. The van der Waals surface area contributed by atoms with Crippen molar-refractivity contribution < 1.29 is 22.7 Å². The zero-order valence-corrected chi connectivity index (χ0v) is 25.3. The SMILES string of the molecule is COc1ccc(C2(C(=O)N(C)CCO[Si](c3ccccc3)(c3ccccc3)C(C)(C)C)CCC(F)(F)CC2)cc1. The summed E-state index contributed by atoms with van der Waals surface area (Å²) in [5.74, 6) is -2.22. The van der Waals surface area contributed by atoms with Gasteiger partial charge in [-0.15, -0.1) is 0 Å². The van der Waals surface area contributed by atoms with Gasteiger partial charge in [-0.1, -0.05) is 93.6 Å². The highest BCUT2D eigenvalue weighted by molar-refractivity contribution is 6.99. The minimum Gasteiger partial charge on any atom is -0.497 e. The second kappa shape index (κ2) is 11.8. The standard InChI is InChI=1S/C33H41F2NO3Si/c1-31(2,3)40(28-12-8-6-9-13-28,29-14-10-7-11-15-29)39-25-24-36(4)30(37)32(20-22-33(34,35)23-21-32)26-16-18-27(38-5)19-17-26/h6-19H,20-25H2,1-5H3. The first-order chi connectivity index (χ1) is 19.0. The Morgan fingerprint density at radius 3 is 1.80 bits per heavy atom. The van der Waals surface area contributed by atoms with Crippen molar-refractivity contribution in [3.8, 4) is 5.75 Å². The molecule has 3 aromatic carbocycles. The van der Waals surface area contributed by atoms with Crippen LogP contribution in [0.4, 0.5) is 8.78 Å². The van der Waals surface area contributed by atoms with Crippen molar-refractivity contribution in [3.05, 3.63) is 90.5 Å². The quantitative estimate of drug-likeness (QED) is 0.291. The Bertz CT molecular complexity index is 1210. The van der Waals surface area contributed by atoms with Crippen LogP contribution in [0.5, 0.6) is 5.75 Å². The zero-order valence-electron chi connectivity index (χ0n) is 24.3. The van der Waals surface area contributed by atoms with E-state index in [4.69, 9.17) is 9.16 Å². The number of benzene rings is 3. The summed E-state index contributed by atoms with van der Waals surface area (Å²) in [6, 6.07) is 28.0. The molecule has 1 aliphatic rings. The van der Waals surface area contributed by atoms with E-state index in [0.717, 1.165) is 5.56 Å². The van der Waals surface area contributed by atoms with Crippen LogP contribution in [-0.2, 0) is 14.6 Å². The number of halogens is 2. The molecule has 0 unspecified atom stereocenters. The maximum Gasteiger partial charge on any atom is 0.261 e. The Kier molecular flexibility index (Phi) is 8.85. The molecule has 3 aromatic rings. The van der Waals surface area contributed by atoms with E-state index in [9.17, 15) is 13.6 Å². The molecule has 214 valence electrons. The summed E-state index contributed by atoms with van der Waals surface area (Å²) < 4.78 is 40.8. The van der Waals surface area contributed by atoms with Crippen LogP contribution in [0.2, 0.25) is 5.04 Å². The summed E-state index contributed by atoms with van der Waals surface area (Å²) in [5.41, 5.74) is -0.242. The van der Waals surface area contributed by atoms with Crippen molar-refractivity contribution in [1.82, 2.24) is 4.90 Å². The maximum atomic E-state index is 14.3. The van der Waals surface area contributed by atoms with E-state index >= 15 is 0 Å². The average molecular weight is 566 g/mol. The molecule has 0 atom stereocenters. The van der Waals surface area contributed by atoms with Gasteiger partial charge in [-0.25, -0.2) is 8.78 Å². The number of likely N-dealkylation sites (N-methyl/N-ethyl adjacent to an activating group) is 1. The molecule has 40 heavy (non-hydrogen) atoms. The number of alkyl halides is 2. The number of ether oxygens (including phenoxy) is 1. The van der Waals surface area contributed by atoms with Crippen LogP contribution in [0.3, 0.4) is 0 Å². The summed E-state index contributed by atoms with van der Waals surface area (Å²) in [7, 11) is 0.585. The number of nitrogens with zero attached hydrogens (tertiary/aromatic N) is 1. The van der Waals surface area contributed by atoms with E-state index in [1.807, 2.05) is 48.5 Å². The molecule has 0 aliphatic heterocycles. The van der Waals surface area contributed by atoms with Crippen LogP contribution in [-0.4, -0.2) is 52.4 Å². The molecule has 0 bridgehead atoms. The van der Waals surface area contributed by atoms with Crippen molar-refractivity contribution in [1.29, 1.82) is 0 Å². The van der Waals surface area contributed by atoms with Crippen molar-refractivity contribution in [2.45, 2.75) is 62.8 Å². The molecule has 4 rings (SSSR count). The molecule has 1 amide bonds. The van der Waals surface area contributed by atoms with Crippen LogP contribution in [0, 0.1) is 0 Å². The second-order valence-electron chi connectivity index (χ2n) is 11.9. The highest BCUT2D eigenvalue weighted by atomic mass is 28.4. The molecule has 0 N–H and O–H groups in total. The van der Waals surface area contributed by atoms with Gasteiger partial charge in [-0.3, -0.25) is 4.79 Å². The molecule has 0 aromatic heterocycles. The van der Waals surface area contributed by atoms with Gasteiger partial charge < -0.3 is 14.1 Å². The number of rotatable bonds is 9. The van der Waals surface area contributed by atoms with Crippen LogP contribution < -0.4 is 15.1 Å². The van der Waals surface area contributed by atoms with Crippen molar-refractivity contribution in [2.24, 2.45) is 0 Å². The Labute approximate surface area is 238 Å². The maximum absolute atomic E-state index is 14.3. The summed E-state index contributed by atoms with van der Waals surface area (Å²) in [6.07, 6.45) is -0.412. The van der Waals surface area contributed by atoms with Crippen LogP contribution in [0.25, 0.3) is 0 Å². The topological polar surface area (TPSA) is 38.8 Å². The summed E-state index contributed by atoms with van der Waals surface area (Å²) >= 11 is 0. The van der Waals surface area contributed by atoms with Crippen LogP contribution in [0.15, 0.2) is 84.9 Å². The van der Waals surface area contributed by atoms with E-state index in [1.165, 1.54) is 10.4 Å². The lowest BCUT2D eigenvalue weighted by Crippen LogP contribution is -2.67. The third kappa shape index (κ3) is 5.86. The van der Waals surface area contributed by atoms with Gasteiger partial charge in [-0.2, -0.15) is 0 Å². The molecule has 0 spiro atoms. The fraction of sp³-hybridized carbons (Fsp3) is 0.424. The van der Waals surface area contributed by atoms with Crippen molar-refractivity contribution in [2.75, 3.05) is 27.3 Å². The van der Waals surface area contributed by atoms with E-state index in [-0.39, 0.29) is 36.6 Å². The second-order valence-corrected chi connectivity index (χ2v) is 16.2. The molecule has 1 saturated carbocycles. The fourth-order valence-corrected chi connectivity index (χ4v) is 10.7. The number of carbonyl (C=O) groups excluding carboxylic acids is 1. The largest absolute Gasteiger partial charge is 0.497 e.